The quantitative estimate of drug-likeness (QED) is 0.418. The predicted molar refractivity (Wildman–Crippen MR) is 7.18 cm³/mol. The summed E-state index contributed by atoms with van der Waals surface area (Å²) in [6.07, 6.45) is 0. The van der Waals surface area contributed by atoms with Crippen LogP contribution in [0.15, 0.2) is 0 Å². The van der Waals surface area contributed by atoms with Crippen LogP contribution in [0.5, 0.6) is 0 Å². The van der Waals surface area contributed by atoms with Gasteiger partial charge in [-0.15, -0.1) is 0 Å². The first-order chi connectivity index (χ1) is 4.00. The summed E-state index contributed by atoms with van der Waals surface area (Å²) < 4.78 is 66.2. The van der Waals surface area contributed by atoms with E-state index in [0.717, 1.165) is 0 Å². The van der Waals surface area contributed by atoms with Crippen LogP contribution in [0.4, 0.5) is 0 Å². The Balaban J connectivity index is -0.0000000457. The first-order valence-electron chi connectivity index (χ1n) is 1.37. The molecule has 0 atom stereocenters. The van der Waals surface area contributed by atoms with E-state index in [-0.39, 0.29) is 103 Å². The van der Waals surface area contributed by atoms with Gasteiger partial charge in [-0.3, -0.25) is 0 Å². The van der Waals surface area contributed by atoms with E-state index in [2.05, 4.69) is 0 Å². The molecule has 64 valence electrons. The van der Waals surface area contributed by atoms with Gasteiger partial charge in [0.1, 0.15) is 0 Å². The van der Waals surface area contributed by atoms with Crippen LogP contribution in [0.25, 0.3) is 0 Å². The molecule has 8 nitrogen and oxygen atoms in total. The molecule has 0 saturated carbocycles. The van der Waals surface area contributed by atoms with Gasteiger partial charge < -0.3 is 0 Å². The molecule has 0 fully saturated rings. The van der Waals surface area contributed by atoms with E-state index in [9.17, 15) is 0 Å². The minimum absolute atomic E-state index is 0. The molecule has 0 aromatic rings. The Kier molecular flexibility index (Phi) is 22.3. The zero-order chi connectivity index (χ0) is 9.00. The summed E-state index contributed by atoms with van der Waals surface area (Å²) in [6.45, 7) is 0. The molecule has 12 heavy (non-hydrogen) atoms. The molecule has 0 aliphatic rings. The summed E-state index contributed by atoms with van der Waals surface area (Å²) in [5.41, 5.74) is 0. The van der Waals surface area contributed by atoms with Crippen molar-refractivity contribution in [2.24, 2.45) is 0 Å². The Bertz CT molecular complexity index is 211. The SMILES string of the molecule is [K+].[K+].[O]=[Cr](=[O])([O-])[O-].[O]=[Cr](=[O])([OH])[OH]. The first-order valence-corrected chi connectivity index (χ1v) is 5.63. The van der Waals surface area contributed by atoms with Gasteiger partial charge in [0, 0.05) is 0 Å². The van der Waals surface area contributed by atoms with Crippen LogP contribution in [0.2, 0.25) is 0 Å². The molecule has 0 rings (SSSR count). The summed E-state index contributed by atoms with van der Waals surface area (Å²) in [7, 11) is 0. The standard InChI is InChI=1S/2Cr.2K.2H2O.6O/h;;;;2*1H2;;;;;;/q;+2;2*+1;;;;;;;2*-1/p-2. The Labute approximate surface area is 157 Å². The van der Waals surface area contributed by atoms with Crippen LogP contribution >= 0.6 is 0 Å². The van der Waals surface area contributed by atoms with E-state index in [0.29, 0.717) is 0 Å². The maximum absolute atomic E-state index is 8.82. The van der Waals surface area contributed by atoms with Crippen LogP contribution in [-0.4, -0.2) is 8.32 Å². The van der Waals surface area contributed by atoms with E-state index >= 15 is 0 Å². The van der Waals surface area contributed by atoms with Gasteiger partial charge in [-0.25, -0.2) is 0 Å². The fourth-order valence-corrected chi connectivity index (χ4v) is 0. The third-order valence-corrected chi connectivity index (χ3v) is 0. The molecule has 0 unspecified atom stereocenters. The molecule has 0 spiro atoms. The average Bonchev–Trinajstić information content (AvgIpc) is 1.12. The summed E-state index contributed by atoms with van der Waals surface area (Å²) >= 11 is -11.0. The van der Waals surface area contributed by atoms with E-state index in [1.165, 1.54) is 0 Å². The summed E-state index contributed by atoms with van der Waals surface area (Å²) in [4.78, 5) is 0. The number of hydrogen-bond donors (Lipinski definition) is 2. The van der Waals surface area contributed by atoms with E-state index in [4.69, 9.17) is 31.8 Å². The molecule has 0 saturated heterocycles. The van der Waals surface area contributed by atoms with E-state index < -0.39 is 27.2 Å². The normalized spacial score (nSPS) is 9.67. The topological polar surface area (TPSA) is 155 Å². The summed E-state index contributed by atoms with van der Waals surface area (Å²) in [5.74, 6) is 0. The van der Waals surface area contributed by atoms with Gasteiger partial charge in [0.05, 0.1) is 0 Å². The van der Waals surface area contributed by atoms with Gasteiger partial charge in [0.25, 0.3) is 0 Å². The van der Waals surface area contributed by atoms with Crippen LogP contribution in [0, 0.1) is 0 Å². The fraction of sp³-hybridized carbons (Fsp3) is 0. The van der Waals surface area contributed by atoms with Crippen molar-refractivity contribution in [1.82, 2.24) is 0 Å². The van der Waals surface area contributed by atoms with Crippen molar-refractivity contribution in [3.8, 4) is 0 Å². The average molecular weight is 312 g/mol. The summed E-state index contributed by atoms with van der Waals surface area (Å²) in [6, 6.07) is 0. The molecule has 12 heteroatoms. The van der Waals surface area contributed by atoms with Crippen LogP contribution in [0.3, 0.4) is 0 Å². The third kappa shape index (κ3) is 180. The van der Waals surface area contributed by atoms with Crippen molar-refractivity contribution in [3.05, 3.63) is 0 Å². The zero-order valence-electron chi connectivity index (χ0n) is 6.16. The monoisotopic (exact) mass is 312 g/mol. The Morgan fingerprint density at radius 2 is 0.833 bits per heavy atom. The fourth-order valence-electron chi connectivity index (χ4n) is 0. The van der Waals surface area contributed by atoms with Gasteiger partial charge in [0.2, 0.25) is 0 Å². The molecule has 0 aliphatic heterocycles. The number of hydrogen-bond acceptors (Lipinski definition) is 6. The Morgan fingerprint density at radius 3 is 0.833 bits per heavy atom. The van der Waals surface area contributed by atoms with Crippen molar-refractivity contribution in [3.63, 3.8) is 0 Å². The van der Waals surface area contributed by atoms with Gasteiger partial charge >= 0.3 is 162 Å². The van der Waals surface area contributed by atoms with Crippen molar-refractivity contribution < 1.29 is 162 Å². The van der Waals surface area contributed by atoms with E-state index in [1.54, 1.807) is 0 Å². The molecule has 0 amide bonds. The van der Waals surface area contributed by atoms with Crippen LogP contribution < -0.4 is 111 Å². The summed E-state index contributed by atoms with van der Waals surface area (Å²) in [5, 5.41) is 0. The van der Waals surface area contributed by atoms with Crippen molar-refractivity contribution in [1.29, 1.82) is 0 Å². The second-order valence-corrected chi connectivity index (χ2v) is 3.53. The van der Waals surface area contributed by atoms with Gasteiger partial charge in [-0.2, -0.15) is 0 Å². The molecular formula is H2Cr2K2O8. The van der Waals surface area contributed by atoms with Crippen molar-refractivity contribution in [2.75, 3.05) is 0 Å². The molecule has 0 heterocycles. The van der Waals surface area contributed by atoms with Crippen LogP contribution in [-0.2, 0) is 42.4 Å². The predicted octanol–water partition coefficient (Wildman–Crippen LogP) is -9.96. The van der Waals surface area contributed by atoms with Crippen molar-refractivity contribution in [2.45, 2.75) is 0 Å². The van der Waals surface area contributed by atoms with Crippen LogP contribution in [0.1, 0.15) is 0 Å². The molecule has 2 N–H and O–H groups in total. The second kappa shape index (κ2) is 10.9. The molecular weight excluding hydrogens is 310 g/mol. The molecule has 0 aliphatic carbocycles. The Morgan fingerprint density at radius 1 is 0.833 bits per heavy atom. The Hall–Kier alpha value is 3.38. The maximum atomic E-state index is 8.82. The van der Waals surface area contributed by atoms with Gasteiger partial charge in [-0.1, -0.05) is 0 Å². The minimum atomic E-state index is -5.75. The molecule has 0 bridgehead atoms. The second-order valence-electron chi connectivity index (χ2n) is 0.856. The van der Waals surface area contributed by atoms with Gasteiger partial charge in [0.15, 0.2) is 0 Å². The first kappa shape index (κ1) is 24.6. The van der Waals surface area contributed by atoms with Crippen molar-refractivity contribution >= 4 is 0 Å². The third-order valence-electron chi connectivity index (χ3n) is 0. The van der Waals surface area contributed by atoms with E-state index in [1.807, 2.05) is 0 Å². The molecule has 0 aromatic carbocycles. The number of rotatable bonds is 0. The molecule has 0 radical (unpaired) electrons. The zero-order valence-corrected chi connectivity index (χ0v) is 15.0. The van der Waals surface area contributed by atoms with Gasteiger partial charge in [-0.05, 0) is 0 Å². The molecule has 0 aromatic heterocycles.